The summed E-state index contributed by atoms with van der Waals surface area (Å²) in [5.74, 6) is 0.907. The minimum atomic E-state index is 0.0414. The molecule has 1 aliphatic rings. The van der Waals surface area contributed by atoms with E-state index in [0.29, 0.717) is 12.7 Å². The van der Waals surface area contributed by atoms with Crippen molar-refractivity contribution in [2.75, 3.05) is 13.2 Å². The number of hydrogen-bond donors (Lipinski definition) is 0. The second-order valence-corrected chi connectivity index (χ2v) is 6.44. The van der Waals surface area contributed by atoms with Gasteiger partial charge in [0.25, 0.3) is 0 Å². The highest BCUT2D eigenvalue weighted by Crippen LogP contribution is 2.25. The largest absolute Gasteiger partial charge is 0.493 e. The zero-order valence-corrected chi connectivity index (χ0v) is 12.7. The first kappa shape index (κ1) is 15.1. The average Bonchev–Trinajstić information content (AvgIpc) is 2.97. The number of hydrogen-bond acceptors (Lipinski definition) is 2. The van der Waals surface area contributed by atoms with Crippen LogP contribution >= 0.6 is 0 Å². The molecule has 2 heteroatoms. The molecule has 0 heterocycles. The van der Waals surface area contributed by atoms with Gasteiger partial charge in [-0.2, -0.15) is 0 Å². The molecule has 2 nitrogen and oxygen atoms in total. The van der Waals surface area contributed by atoms with Crippen molar-refractivity contribution in [1.29, 1.82) is 0 Å². The number of rotatable bonds is 7. The first-order valence-electron chi connectivity index (χ1n) is 7.56. The molecular weight excluding hydrogens is 248 g/mol. The molecule has 1 fully saturated rings. The molecule has 110 valence electrons. The van der Waals surface area contributed by atoms with Crippen molar-refractivity contribution >= 4 is 6.08 Å². The van der Waals surface area contributed by atoms with Gasteiger partial charge in [-0.3, -0.25) is 0 Å². The van der Waals surface area contributed by atoms with E-state index < -0.39 is 0 Å². The van der Waals surface area contributed by atoms with E-state index in [9.17, 15) is 0 Å². The quantitative estimate of drug-likeness (QED) is 0.718. The predicted molar refractivity (Wildman–Crippen MR) is 84.0 cm³/mol. The molecule has 0 unspecified atom stereocenters. The molecule has 1 aromatic rings. The third-order valence-corrected chi connectivity index (χ3v) is 3.76. The van der Waals surface area contributed by atoms with Crippen molar-refractivity contribution in [3.05, 3.63) is 36.4 Å². The summed E-state index contributed by atoms with van der Waals surface area (Å²) < 4.78 is 11.9. The van der Waals surface area contributed by atoms with E-state index in [1.165, 1.54) is 25.7 Å². The van der Waals surface area contributed by atoms with E-state index in [1.54, 1.807) is 0 Å². The molecule has 0 saturated heterocycles. The summed E-state index contributed by atoms with van der Waals surface area (Å²) in [5, 5.41) is 0. The van der Waals surface area contributed by atoms with Crippen molar-refractivity contribution in [3.8, 4) is 5.75 Å². The third kappa shape index (κ3) is 4.68. The lowest BCUT2D eigenvalue weighted by molar-refractivity contribution is -0.00986. The lowest BCUT2D eigenvalue weighted by Gasteiger charge is -2.26. The molecule has 0 aliphatic heterocycles. The minimum absolute atomic E-state index is 0.0414. The summed E-state index contributed by atoms with van der Waals surface area (Å²) in [4.78, 5) is 0. The fourth-order valence-corrected chi connectivity index (χ4v) is 2.42. The van der Waals surface area contributed by atoms with E-state index in [0.717, 1.165) is 17.9 Å². The Kier molecular flexibility index (Phi) is 5.24. The normalized spacial score (nSPS) is 16.3. The van der Waals surface area contributed by atoms with Crippen LogP contribution in [0, 0.1) is 5.41 Å². The van der Waals surface area contributed by atoms with Gasteiger partial charge in [-0.1, -0.05) is 51.5 Å². The van der Waals surface area contributed by atoms with Crippen LogP contribution in [0.3, 0.4) is 0 Å². The Hall–Kier alpha value is -1.28. The second-order valence-electron chi connectivity index (χ2n) is 6.44. The van der Waals surface area contributed by atoms with Gasteiger partial charge in [-0.05, 0) is 30.5 Å². The molecule has 1 saturated carbocycles. The molecule has 2 rings (SSSR count). The van der Waals surface area contributed by atoms with Gasteiger partial charge in [0, 0.05) is 5.41 Å². The van der Waals surface area contributed by atoms with Gasteiger partial charge in [-0.25, -0.2) is 0 Å². The molecule has 0 aromatic heterocycles. The fourth-order valence-electron chi connectivity index (χ4n) is 2.42. The molecule has 0 N–H and O–H groups in total. The van der Waals surface area contributed by atoms with Crippen LogP contribution < -0.4 is 4.74 Å². The zero-order valence-electron chi connectivity index (χ0n) is 12.7. The van der Waals surface area contributed by atoms with Crippen LogP contribution in [0.15, 0.2) is 30.8 Å². The third-order valence-electron chi connectivity index (χ3n) is 3.76. The molecule has 1 aliphatic carbocycles. The molecule has 0 atom stereocenters. The van der Waals surface area contributed by atoms with Crippen molar-refractivity contribution in [1.82, 2.24) is 0 Å². The smallest absolute Gasteiger partial charge is 0.119 e. The van der Waals surface area contributed by atoms with E-state index in [4.69, 9.17) is 9.47 Å². The Morgan fingerprint density at radius 1 is 1.15 bits per heavy atom. The van der Waals surface area contributed by atoms with Crippen molar-refractivity contribution < 1.29 is 9.47 Å². The van der Waals surface area contributed by atoms with E-state index in [2.05, 4.69) is 20.4 Å². The maximum Gasteiger partial charge on any atom is 0.119 e. The van der Waals surface area contributed by atoms with Crippen molar-refractivity contribution in [2.45, 2.75) is 45.6 Å². The maximum absolute atomic E-state index is 6.00. The van der Waals surface area contributed by atoms with Crippen LogP contribution in [0.4, 0.5) is 0 Å². The first-order chi connectivity index (χ1) is 9.59. The molecule has 0 spiro atoms. The highest BCUT2D eigenvalue weighted by molar-refractivity contribution is 5.48. The zero-order chi connectivity index (χ0) is 14.4. The Labute approximate surface area is 122 Å². The molecule has 20 heavy (non-hydrogen) atoms. The van der Waals surface area contributed by atoms with Crippen LogP contribution in [-0.4, -0.2) is 19.3 Å². The van der Waals surface area contributed by atoms with Gasteiger partial charge in [0.15, 0.2) is 0 Å². The molecule has 1 aromatic carbocycles. The highest BCUT2D eigenvalue weighted by atomic mass is 16.5. The molecule has 0 radical (unpaired) electrons. The Morgan fingerprint density at radius 3 is 2.40 bits per heavy atom. The second kappa shape index (κ2) is 6.94. The van der Waals surface area contributed by atoms with E-state index in [-0.39, 0.29) is 5.41 Å². The topological polar surface area (TPSA) is 18.5 Å². The SMILES string of the molecule is C=Cc1ccc(OCC(C)(C)COC2CCCC2)cc1. The summed E-state index contributed by atoms with van der Waals surface area (Å²) in [6.45, 7) is 9.58. The number of benzene rings is 1. The summed E-state index contributed by atoms with van der Waals surface area (Å²) in [6, 6.07) is 8.02. The van der Waals surface area contributed by atoms with E-state index >= 15 is 0 Å². The lowest BCUT2D eigenvalue weighted by atomic mass is 9.96. The molecular formula is C18H26O2. The number of ether oxygens (including phenoxy) is 2. The van der Waals surface area contributed by atoms with Crippen molar-refractivity contribution in [3.63, 3.8) is 0 Å². The van der Waals surface area contributed by atoms with Crippen LogP contribution in [0.2, 0.25) is 0 Å². The summed E-state index contributed by atoms with van der Waals surface area (Å²) in [6.07, 6.45) is 7.39. The van der Waals surface area contributed by atoms with Crippen molar-refractivity contribution in [2.24, 2.45) is 5.41 Å². The lowest BCUT2D eigenvalue weighted by Crippen LogP contribution is -2.29. The van der Waals surface area contributed by atoms with Crippen LogP contribution in [0.1, 0.15) is 45.1 Å². The van der Waals surface area contributed by atoms with Crippen LogP contribution in [-0.2, 0) is 4.74 Å². The van der Waals surface area contributed by atoms with Gasteiger partial charge < -0.3 is 9.47 Å². The monoisotopic (exact) mass is 274 g/mol. The fraction of sp³-hybridized carbons (Fsp3) is 0.556. The average molecular weight is 274 g/mol. The molecule has 0 amide bonds. The van der Waals surface area contributed by atoms with Crippen LogP contribution in [0.25, 0.3) is 6.08 Å². The predicted octanol–water partition coefficient (Wildman–Crippen LogP) is 4.69. The van der Waals surface area contributed by atoms with Gasteiger partial charge in [0.1, 0.15) is 5.75 Å². The Bertz CT molecular complexity index is 414. The maximum atomic E-state index is 6.00. The Balaban J connectivity index is 1.76. The summed E-state index contributed by atoms with van der Waals surface area (Å²) in [5.41, 5.74) is 1.15. The standard InChI is InChI=1S/C18H26O2/c1-4-15-9-11-17(12-10-15)20-14-18(2,3)13-19-16-7-5-6-8-16/h4,9-12,16H,1,5-8,13-14H2,2-3H3. The molecule has 0 bridgehead atoms. The first-order valence-corrected chi connectivity index (χ1v) is 7.56. The van der Waals surface area contributed by atoms with E-state index in [1.807, 2.05) is 30.3 Å². The minimum Gasteiger partial charge on any atom is -0.493 e. The van der Waals surface area contributed by atoms with Gasteiger partial charge >= 0.3 is 0 Å². The van der Waals surface area contributed by atoms with Gasteiger partial charge in [-0.15, -0.1) is 0 Å². The van der Waals surface area contributed by atoms with Crippen LogP contribution in [0.5, 0.6) is 5.75 Å². The van der Waals surface area contributed by atoms with Gasteiger partial charge in [0.05, 0.1) is 19.3 Å². The Morgan fingerprint density at radius 2 is 1.80 bits per heavy atom. The summed E-state index contributed by atoms with van der Waals surface area (Å²) >= 11 is 0. The summed E-state index contributed by atoms with van der Waals surface area (Å²) in [7, 11) is 0. The van der Waals surface area contributed by atoms with Gasteiger partial charge in [0.2, 0.25) is 0 Å². The highest BCUT2D eigenvalue weighted by Gasteiger charge is 2.23.